The number of hydrogen-bond acceptors (Lipinski definition) is 2. The number of carbonyl (C=O) groups excluding carboxylic acids is 1. The van der Waals surface area contributed by atoms with E-state index in [-0.39, 0.29) is 0 Å². The second kappa shape index (κ2) is 4.48. The zero-order chi connectivity index (χ0) is 13.6. The van der Waals surface area contributed by atoms with Crippen LogP contribution in [0.3, 0.4) is 0 Å². The van der Waals surface area contributed by atoms with Gasteiger partial charge in [0.15, 0.2) is 0 Å². The molecule has 0 aliphatic carbocycles. The van der Waals surface area contributed by atoms with Crippen molar-refractivity contribution in [3.8, 4) is 0 Å². The van der Waals surface area contributed by atoms with Gasteiger partial charge in [0.1, 0.15) is 0 Å². The Kier molecular flexibility index (Phi) is 2.92. The summed E-state index contributed by atoms with van der Waals surface area (Å²) in [6.45, 7) is 1.82. The van der Waals surface area contributed by atoms with E-state index >= 15 is 0 Å². The van der Waals surface area contributed by atoms with Gasteiger partial charge >= 0.3 is 0 Å². The summed E-state index contributed by atoms with van der Waals surface area (Å²) in [5.74, 6) is 0. The number of nitrogens with zero attached hydrogens (tertiary/aromatic N) is 1. The number of fused-ring (bicyclic) bond motifs is 3. The third-order valence-electron chi connectivity index (χ3n) is 3.21. The van der Waals surface area contributed by atoms with Gasteiger partial charge in [-0.15, -0.1) is 0 Å². The van der Waals surface area contributed by atoms with Gasteiger partial charge in [0.2, 0.25) is 0 Å². The van der Waals surface area contributed by atoms with Crippen LogP contribution in [0.25, 0.3) is 21.7 Å². The lowest BCUT2D eigenvalue weighted by molar-refractivity contribution is 0.108. The summed E-state index contributed by atoms with van der Waals surface area (Å²) in [5, 5.41) is 2.72. The van der Waals surface area contributed by atoms with Crippen LogP contribution in [0, 0.1) is 6.92 Å². The Morgan fingerprint density at radius 1 is 1.21 bits per heavy atom. The molecule has 19 heavy (non-hydrogen) atoms. The maximum Gasteiger partial charge on any atom is 0.253 e. The quantitative estimate of drug-likeness (QED) is 0.479. The van der Waals surface area contributed by atoms with Gasteiger partial charge in [-0.2, -0.15) is 0 Å². The molecule has 3 rings (SSSR count). The van der Waals surface area contributed by atoms with Gasteiger partial charge < -0.3 is 0 Å². The molecule has 0 spiro atoms. The summed E-state index contributed by atoms with van der Waals surface area (Å²) in [4.78, 5) is 16.0. The topological polar surface area (TPSA) is 30.0 Å². The molecule has 1 aromatic heterocycles. The monoisotopic (exact) mass is 289 g/mol. The minimum atomic E-state index is -0.476. The molecule has 94 valence electrons. The average Bonchev–Trinajstić information content (AvgIpc) is 2.37. The van der Waals surface area contributed by atoms with Crippen LogP contribution in [0.4, 0.5) is 0 Å². The number of aryl methyl sites for hydroxylation is 1. The average molecular weight is 290 g/mol. The van der Waals surface area contributed by atoms with Gasteiger partial charge in [-0.05, 0) is 35.5 Å². The van der Waals surface area contributed by atoms with Gasteiger partial charge in [-0.1, -0.05) is 35.9 Å². The zero-order valence-corrected chi connectivity index (χ0v) is 11.6. The van der Waals surface area contributed by atoms with Gasteiger partial charge in [-0.3, -0.25) is 9.78 Å². The molecular formula is C15H9Cl2NO. The number of pyridine rings is 1. The number of halogens is 2. The Bertz CT molecular complexity index is 827. The fourth-order valence-electron chi connectivity index (χ4n) is 2.35. The summed E-state index contributed by atoms with van der Waals surface area (Å²) >= 11 is 11.9. The van der Waals surface area contributed by atoms with Crippen LogP contribution in [0.15, 0.2) is 36.5 Å². The summed E-state index contributed by atoms with van der Waals surface area (Å²) in [5.41, 5.74) is 1.96. The van der Waals surface area contributed by atoms with Crippen molar-refractivity contribution in [2.75, 3.05) is 0 Å². The predicted octanol–water partition coefficient (Wildman–Crippen LogP) is 4.73. The first-order chi connectivity index (χ1) is 9.09. The van der Waals surface area contributed by atoms with E-state index in [0.717, 1.165) is 21.7 Å². The number of rotatable bonds is 1. The second-order valence-electron chi connectivity index (χ2n) is 4.39. The predicted molar refractivity (Wildman–Crippen MR) is 79.2 cm³/mol. The molecule has 0 unspecified atom stereocenters. The molecule has 0 amide bonds. The number of benzene rings is 2. The molecule has 2 aromatic carbocycles. The molecular weight excluding hydrogens is 281 g/mol. The van der Waals surface area contributed by atoms with Crippen LogP contribution in [0.5, 0.6) is 0 Å². The Morgan fingerprint density at radius 2 is 2.00 bits per heavy atom. The Labute approximate surface area is 120 Å². The first kappa shape index (κ1) is 12.4. The molecule has 0 aliphatic heterocycles. The summed E-state index contributed by atoms with van der Waals surface area (Å²) in [6.07, 6.45) is 1.65. The lowest BCUT2D eigenvalue weighted by atomic mass is 10.0. The van der Waals surface area contributed by atoms with Crippen molar-refractivity contribution in [1.82, 2.24) is 4.98 Å². The molecule has 0 fully saturated rings. The molecule has 4 heteroatoms. The number of carbonyl (C=O) groups is 1. The largest absolute Gasteiger partial charge is 0.276 e. The van der Waals surface area contributed by atoms with E-state index in [9.17, 15) is 4.79 Å². The number of hydrogen-bond donors (Lipinski definition) is 0. The van der Waals surface area contributed by atoms with Crippen molar-refractivity contribution >= 4 is 50.1 Å². The minimum Gasteiger partial charge on any atom is -0.276 e. The minimum absolute atomic E-state index is 0.476. The van der Waals surface area contributed by atoms with Gasteiger partial charge in [0.25, 0.3) is 5.24 Å². The van der Waals surface area contributed by atoms with Crippen LogP contribution < -0.4 is 0 Å². The SMILES string of the molecule is Cc1cnc2c(ccc3cccc(Cl)c32)c1C(=O)Cl. The van der Waals surface area contributed by atoms with Gasteiger partial charge in [-0.25, -0.2) is 0 Å². The van der Waals surface area contributed by atoms with E-state index in [1.807, 2.05) is 37.3 Å². The van der Waals surface area contributed by atoms with E-state index in [0.29, 0.717) is 16.1 Å². The highest BCUT2D eigenvalue weighted by atomic mass is 35.5. The lowest BCUT2D eigenvalue weighted by Gasteiger charge is -2.09. The fraction of sp³-hybridized carbons (Fsp3) is 0.0667. The summed E-state index contributed by atoms with van der Waals surface area (Å²) in [7, 11) is 0. The molecule has 3 aromatic rings. The summed E-state index contributed by atoms with van der Waals surface area (Å²) < 4.78 is 0. The van der Waals surface area contributed by atoms with Crippen molar-refractivity contribution < 1.29 is 4.79 Å². The fourth-order valence-corrected chi connectivity index (χ4v) is 2.87. The number of aromatic nitrogens is 1. The van der Waals surface area contributed by atoms with E-state index in [2.05, 4.69) is 4.98 Å². The molecule has 0 bridgehead atoms. The van der Waals surface area contributed by atoms with Crippen LogP contribution in [-0.4, -0.2) is 10.2 Å². The second-order valence-corrected chi connectivity index (χ2v) is 5.14. The molecule has 0 atom stereocenters. The van der Waals surface area contributed by atoms with Crippen molar-refractivity contribution in [2.24, 2.45) is 0 Å². The standard InChI is InChI=1S/C15H9Cl2NO/c1-8-7-18-14-10(12(8)15(17)19)6-5-9-3-2-4-11(16)13(9)14/h2-7H,1H3. The molecule has 0 N–H and O–H groups in total. The molecule has 1 heterocycles. The van der Waals surface area contributed by atoms with E-state index in [1.54, 1.807) is 6.20 Å². The maximum absolute atomic E-state index is 11.6. The maximum atomic E-state index is 11.6. The summed E-state index contributed by atoms with van der Waals surface area (Å²) in [6, 6.07) is 9.45. The Balaban J connectivity index is 2.58. The molecule has 0 radical (unpaired) electrons. The zero-order valence-electron chi connectivity index (χ0n) is 10.1. The van der Waals surface area contributed by atoms with Crippen molar-refractivity contribution in [2.45, 2.75) is 6.92 Å². The van der Waals surface area contributed by atoms with E-state index in [4.69, 9.17) is 23.2 Å². The first-order valence-corrected chi connectivity index (χ1v) is 6.51. The van der Waals surface area contributed by atoms with Crippen LogP contribution in [-0.2, 0) is 0 Å². The molecule has 0 saturated carbocycles. The highest BCUT2D eigenvalue weighted by Gasteiger charge is 2.14. The third-order valence-corrected chi connectivity index (χ3v) is 3.72. The molecule has 2 nitrogen and oxygen atoms in total. The molecule has 0 aliphatic rings. The smallest absolute Gasteiger partial charge is 0.253 e. The highest BCUT2D eigenvalue weighted by Crippen LogP contribution is 2.32. The van der Waals surface area contributed by atoms with Crippen LogP contribution in [0.1, 0.15) is 15.9 Å². The van der Waals surface area contributed by atoms with Crippen molar-refractivity contribution in [3.63, 3.8) is 0 Å². The van der Waals surface area contributed by atoms with Crippen molar-refractivity contribution in [1.29, 1.82) is 0 Å². The first-order valence-electron chi connectivity index (χ1n) is 5.76. The normalized spacial score (nSPS) is 11.1. The van der Waals surface area contributed by atoms with Gasteiger partial charge in [0, 0.05) is 22.5 Å². The highest BCUT2D eigenvalue weighted by molar-refractivity contribution is 6.68. The third kappa shape index (κ3) is 1.88. The molecule has 0 saturated heterocycles. The lowest BCUT2D eigenvalue weighted by Crippen LogP contribution is -1.97. The Hall–Kier alpha value is -1.64. The Morgan fingerprint density at radius 3 is 2.74 bits per heavy atom. The van der Waals surface area contributed by atoms with Gasteiger partial charge in [0.05, 0.1) is 10.5 Å². The van der Waals surface area contributed by atoms with Crippen molar-refractivity contribution in [3.05, 3.63) is 52.7 Å². The van der Waals surface area contributed by atoms with Crippen LogP contribution in [0.2, 0.25) is 5.02 Å². The van der Waals surface area contributed by atoms with Crippen LogP contribution >= 0.6 is 23.2 Å². The van der Waals surface area contributed by atoms with E-state index in [1.165, 1.54) is 0 Å². The van der Waals surface area contributed by atoms with E-state index < -0.39 is 5.24 Å².